The van der Waals surface area contributed by atoms with E-state index in [1.807, 2.05) is 4.90 Å². The average Bonchev–Trinajstić information content (AvgIpc) is 3.22. The van der Waals surface area contributed by atoms with Crippen LogP contribution in [-0.4, -0.2) is 58.6 Å². The fraction of sp³-hybridized carbons (Fsp3) is 0.286. The standard InChI is InChI=1S/C21H19F3N4O3/c22-15-7-5-14(6-8-15)20(29)28-11-9-27(10-12-28)13-18-25-19(26-31-18)16-3-1-2-4-17(16)30-21(23)24/h1-8,21H,9-13H2. The summed E-state index contributed by atoms with van der Waals surface area (Å²) in [6.45, 7) is -0.402. The van der Waals surface area contributed by atoms with E-state index >= 15 is 0 Å². The molecule has 0 spiro atoms. The molecule has 1 amide bonds. The van der Waals surface area contributed by atoms with Crippen LogP contribution in [0.1, 0.15) is 16.2 Å². The highest BCUT2D eigenvalue weighted by molar-refractivity contribution is 5.94. The van der Waals surface area contributed by atoms with Crippen LogP contribution in [0, 0.1) is 5.82 Å². The van der Waals surface area contributed by atoms with Gasteiger partial charge in [-0.3, -0.25) is 9.69 Å². The van der Waals surface area contributed by atoms with Crippen LogP contribution in [0.2, 0.25) is 0 Å². The molecule has 0 N–H and O–H groups in total. The van der Waals surface area contributed by atoms with Gasteiger partial charge in [-0.05, 0) is 36.4 Å². The highest BCUT2D eigenvalue weighted by Crippen LogP contribution is 2.29. The number of ether oxygens (including phenoxy) is 1. The maximum atomic E-state index is 13.0. The Balaban J connectivity index is 1.35. The van der Waals surface area contributed by atoms with Gasteiger partial charge in [0.15, 0.2) is 0 Å². The molecule has 0 saturated carbocycles. The number of nitrogens with zero attached hydrogens (tertiary/aromatic N) is 4. The zero-order valence-corrected chi connectivity index (χ0v) is 16.4. The molecule has 2 heterocycles. The molecule has 2 aromatic carbocycles. The fourth-order valence-corrected chi connectivity index (χ4v) is 3.35. The Labute approximate surface area is 176 Å². The third-order valence-corrected chi connectivity index (χ3v) is 4.92. The number of benzene rings is 2. The van der Waals surface area contributed by atoms with E-state index in [1.54, 1.807) is 23.1 Å². The average molecular weight is 432 g/mol. The molecule has 1 fully saturated rings. The van der Waals surface area contributed by atoms with Crippen molar-refractivity contribution in [2.45, 2.75) is 13.2 Å². The lowest BCUT2D eigenvalue weighted by Crippen LogP contribution is -2.48. The quantitative estimate of drug-likeness (QED) is 0.594. The molecule has 7 nitrogen and oxygen atoms in total. The maximum absolute atomic E-state index is 13.0. The SMILES string of the molecule is O=C(c1ccc(F)cc1)N1CCN(Cc2nc(-c3ccccc3OC(F)F)no2)CC1. The minimum Gasteiger partial charge on any atom is -0.434 e. The second-order valence-electron chi connectivity index (χ2n) is 6.96. The van der Waals surface area contributed by atoms with Gasteiger partial charge in [-0.15, -0.1) is 0 Å². The number of carbonyl (C=O) groups excluding carboxylic acids is 1. The first kappa shape index (κ1) is 20.9. The Morgan fingerprint density at radius 2 is 1.77 bits per heavy atom. The molecule has 1 aliphatic heterocycles. The molecule has 0 radical (unpaired) electrons. The Hall–Kier alpha value is -3.40. The molecule has 0 bridgehead atoms. The zero-order chi connectivity index (χ0) is 21.8. The first-order valence-electron chi connectivity index (χ1n) is 9.63. The molecule has 0 unspecified atom stereocenters. The zero-order valence-electron chi connectivity index (χ0n) is 16.4. The molecule has 3 aromatic rings. The van der Waals surface area contributed by atoms with E-state index in [1.165, 1.54) is 30.3 Å². The molecule has 1 saturated heterocycles. The molecule has 0 atom stereocenters. The van der Waals surface area contributed by atoms with Gasteiger partial charge in [-0.25, -0.2) is 4.39 Å². The predicted octanol–water partition coefficient (Wildman–Crippen LogP) is 3.44. The van der Waals surface area contributed by atoms with Crippen molar-refractivity contribution in [1.29, 1.82) is 0 Å². The van der Waals surface area contributed by atoms with Crippen molar-refractivity contribution >= 4 is 5.91 Å². The van der Waals surface area contributed by atoms with Gasteiger partial charge in [0.1, 0.15) is 11.6 Å². The second kappa shape index (κ2) is 9.17. The first-order valence-corrected chi connectivity index (χ1v) is 9.63. The van der Waals surface area contributed by atoms with E-state index in [0.29, 0.717) is 49.7 Å². The summed E-state index contributed by atoms with van der Waals surface area (Å²) in [5.41, 5.74) is 0.758. The fourth-order valence-electron chi connectivity index (χ4n) is 3.35. The maximum Gasteiger partial charge on any atom is 0.387 e. The van der Waals surface area contributed by atoms with E-state index < -0.39 is 6.61 Å². The van der Waals surface area contributed by atoms with Crippen LogP contribution in [0.25, 0.3) is 11.4 Å². The summed E-state index contributed by atoms with van der Waals surface area (Å²) in [7, 11) is 0. The number of para-hydroxylation sites is 1. The molecule has 1 aliphatic rings. The van der Waals surface area contributed by atoms with Crippen molar-refractivity contribution < 1.29 is 27.2 Å². The smallest absolute Gasteiger partial charge is 0.387 e. The third kappa shape index (κ3) is 5.02. The Kier molecular flexibility index (Phi) is 6.17. The number of amides is 1. The molecule has 1 aromatic heterocycles. The van der Waals surface area contributed by atoms with Crippen molar-refractivity contribution in [2.24, 2.45) is 0 Å². The highest BCUT2D eigenvalue weighted by atomic mass is 19.3. The lowest BCUT2D eigenvalue weighted by atomic mass is 10.2. The lowest BCUT2D eigenvalue weighted by Gasteiger charge is -2.34. The Morgan fingerprint density at radius 1 is 1.06 bits per heavy atom. The van der Waals surface area contributed by atoms with Crippen LogP contribution in [0.5, 0.6) is 5.75 Å². The van der Waals surface area contributed by atoms with Gasteiger partial charge in [0, 0.05) is 31.7 Å². The number of hydrogen-bond acceptors (Lipinski definition) is 6. The van der Waals surface area contributed by atoms with Crippen LogP contribution in [0.15, 0.2) is 53.1 Å². The van der Waals surface area contributed by atoms with E-state index in [0.717, 1.165) is 0 Å². The molecule has 31 heavy (non-hydrogen) atoms. The number of alkyl halides is 2. The topological polar surface area (TPSA) is 71.7 Å². The summed E-state index contributed by atoms with van der Waals surface area (Å²) >= 11 is 0. The van der Waals surface area contributed by atoms with Crippen molar-refractivity contribution in [3.8, 4) is 17.1 Å². The predicted molar refractivity (Wildman–Crippen MR) is 104 cm³/mol. The minimum absolute atomic E-state index is 0.0298. The van der Waals surface area contributed by atoms with E-state index in [9.17, 15) is 18.0 Å². The third-order valence-electron chi connectivity index (χ3n) is 4.92. The summed E-state index contributed by atoms with van der Waals surface area (Å²) in [5.74, 6) is -0.0617. The van der Waals surface area contributed by atoms with Crippen molar-refractivity contribution in [2.75, 3.05) is 26.2 Å². The monoisotopic (exact) mass is 432 g/mol. The number of hydrogen-bond donors (Lipinski definition) is 0. The Morgan fingerprint density at radius 3 is 2.48 bits per heavy atom. The van der Waals surface area contributed by atoms with E-state index in [4.69, 9.17) is 4.52 Å². The van der Waals surface area contributed by atoms with Crippen LogP contribution in [0.3, 0.4) is 0 Å². The van der Waals surface area contributed by atoms with Gasteiger partial charge < -0.3 is 14.2 Å². The summed E-state index contributed by atoms with van der Waals surface area (Å²) in [4.78, 5) is 20.6. The summed E-state index contributed by atoms with van der Waals surface area (Å²) in [6.07, 6.45) is 0. The van der Waals surface area contributed by atoms with E-state index in [-0.39, 0.29) is 23.3 Å². The molecule has 4 rings (SSSR count). The van der Waals surface area contributed by atoms with Crippen LogP contribution in [0.4, 0.5) is 13.2 Å². The summed E-state index contributed by atoms with van der Waals surface area (Å²) < 4.78 is 48.0. The van der Waals surface area contributed by atoms with Gasteiger partial charge in [0.05, 0.1) is 12.1 Å². The van der Waals surface area contributed by atoms with Gasteiger partial charge in [0.25, 0.3) is 5.91 Å². The molecule has 0 aliphatic carbocycles. The van der Waals surface area contributed by atoms with Gasteiger partial charge >= 0.3 is 6.61 Å². The van der Waals surface area contributed by atoms with Crippen molar-refractivity contribution in [1.82, 2.24) is 19.9 Å². The number of halogens is 3. The largest absolute Gasteiger partial charge is 0.434 e. The number of piperazine rings is 1. The Bertz CT molecular complexity index is 1030. The van der Waals surface area contributed by atoms with Gasteiger partial charge in [-0.1, -0.05) is 17.3 Å². The van der Waals surface area contributed by atoms with Crippen LogP contribution in [-0.2, 0) is 6.54 Å². The van der Waals surface area contributed by atoms with Crippen LogP contribution < -0.4 is 4.74 Å². The summed E-state index contributed by atoms with van der Waals surface area (Å²) in [5, 5.41) is 3.88. The summed E-state index contributed by atoms with van der Waals surface area (Å²) in [6, 6.07) is 11.7. The lowest BCUT2D eigenvalue weighted by molar-refractivity contribution is -0.0494. The number of aromatic nitrogens is 2. The van der Waals surface area contributed by atoms with Crippen molar-refractivity contribution in [3.63, 3.8) is 0 Å². The second-order valence-corrected chi connectivity index (χ2v) is 6.96. The minimum atomic E-state index is -2.96. The highest BCUT2D eigenvalue weighted by Gasteiger charge is 2.24. The number of carbonyl (C=O) groups is 1. The van der Waals surface area contributed by atoms with Crippen molar-refractivity contribution in [3.05, 3.63) is 65.8 Å². The van der Waals surface area contributed by atoms with Gasteiger partial charge in [0.2, 0.25) is 11.7 Å². The molecular formula is C21H19F3N4O3. The molecule has 10 heteroatoms. The molecular weight excluding hydrogens is 413 g/mol. The number of rotatable bonds is 6. The normalized spacial score (nSPS) is 14.8. The van der Waals surface area contributed by atoms with Crippen LogP contribution >= 0.6 is 0 Å². The molecule has 162 valence electrons. The first-order chi connectivity index (χ1) is 15.0. The van der Waals surface area contributed by atoms with Gasteiger partial charge in [-0.2, -0.15) is 13.8 Å². The van der Waals surface area contributed by atoms with E-state index in [2.05, 4.69) is 14.9 Å².